The summed E-state index contributed by atoms with van der Waals surface area (Å²) in [5.41, 5.74) is 16.3. The van der Waals surface area contributed by atoms with Crippen molar-refractivity contribution < 1.29 is 24.0 Å². The Morgan fingerprint density at radius 3 is 2.00 bits per heavy atom. The maximum Gasteiger partial charge on any atom is 0.243 e. The molecule has 0 aromatic carbocycles. The third-order valence-corrected chi connectivity index (χ3v) is 5.50. The summed E-state index contributed by atoms with van der Waals surface area (Å²) in [6.07, 6.45) is 2.69. The fourth-order valence-corrected chi connectivity index (χ4v) is 3.09. The van der Waals surface area contributed by atoms with Gasteiger partial charge in [-0.15, -0.1) is 0 Å². The number of primary amides is 2. The van der Waals surface area contributed by atoms with Gasteiger partial charge in [0, 0.05) is 6.42 Å². The summed E-state index contributed by atoms with van der Waals surface area (Å²) >= 11 is 1.55. The first-order chi connectivity index (χ1) is 14.4. The Balaban J connectivity index is 5.17. The van der Waals surface area contributed by atoms with Gasteiger partial charge in [0.1, 0.15) is 18.1 Å². The van der Waals surface area contributed by atoms with Crippen LogP contribution in [0.1, 0.15) is 46.5 Å². The lowest BCUT2D eigenvalue weighted by molar-refractivity contribution is -0.134. The molecule has 0 fully saturated rings. The molecule has 0 rings (SSSR count). The van der Waals surface area contributed by atoms with Gasteiger partial charge in [-0.2, -0.15) is 11.8 Å². The van der Waals surface area contributed by atoms with Crippen molar-refractivity contribution in [1.82, 2.24) is 16.0 Å². The van der Waals surface area contributed by atoms with Crippen LogP contribution < -0.4 is 33.2 Å². The molecule has 0 unspecified atom stereocenters. The summed E-state index contributed by atoms with van der Waals surface area (Å²) in [4.78, 5) is 60.2. The Bertz CT molecular complexity index is 647. The Morgan fingerprint density at radius 1 is 0.903 bits per heavy atom. The van der Waals surface area contributed by atoms with Gasteiger partial charge in [0.25, 0.3) is 0 Å². The normalized spacial score (nSPS) is 15.6. The van der Waals surface area contributed by atoms with E-state index in [1.807, 2.05) is 13.2 Å². The number of hydrogen-bond donors (Lipinski definition) is 6. The highest BCUT2D eigenvalue weighted by molar-refractivity contribution is 7.98. The number of hydrogen-bond acceptors (Lipinski definition) is 7. The standard InChI is InChI=1S/C19H36N6O5S/c1-5-10(2)15(16(22)27)25-19(30)13(6-7-14(21)26)24-17(28)11(3)23-18(29)12(20)8-9-31-4/h10-13,15H,5-9,20H2,1-4H3,(H2,21,26)(H2,22,27)(H,23,29)(H,24,28)(H,25,30)/t10-,11-,12-,13-,15-/m0/s1. The molecule has 0 aliphatic carbocycles. The lowest BCUT2D eigenvalue weighted by Gasteiger charge is -2.26. The molecule has 5 amide bonds. The second-order valence-corrected chi connectivity index (χ2v) is 8.44. The molecular formula is C19H36N6O5S. The van der Waals surface area contributed by atoms with Crippen LogP contribution in [0.3, 0.4) is 0 Å². The summed E-state index contributed by atoms with van der Waals surface area (Å²) in [7, 11) is 0. The van der Waals surface area contributed by atoms with E-state index in [0.29, 0.717) is 18.6 Å². The van der Waals surface area contributed by atoms with E-state index >= 15 is 0 Å². The van der Waals surface area contributed by atoms with Crippen molar-refractivity contribution in [2.75, 3.05) is 12.0 Å². The minimum absolute atomic E-state index is 0.0766. The SMILES string of the molecule is CC[C@H](C)[C@H](NC(=O)[C@H](CCC(N)=O)NC(=O)[C@H](C)NC(=O)[C@@H](N)CCSC)C(N)=O. The Kier molecular flexibility index (Phi) is 13.5. The van der Waals surface area contributed by atoms with Gasteiger partial charge in [-0.3, -0.25) is 24.0 Å². The number of nitrogens with two attached hydrogens (primary N) is 3. The molecular weight excluding hydrogens is 424 g/mol. The molecule has 0 aromatic heterocycles. The van der Waals surface area contributed by atoms with Gasteiger partial charge < -0.3 is 33.2 Å². The summed E-state index contributed by atoms with van der Waals surface area (Å²) < 4.78 is 0. The summed E-state index contributed by atoms with van der Waals surface area (Å²) in [5.74, 6) is -2.69. The van der Waals surface area contributed by atoms with E-state index in [-0.39, 0.29) is 18.8 Å². The number of carbonyl (C=O) groups excluding carboxylic acids is 5. The average Bonchev–Trinajstić information content (AvgIpc) is 2.71. The Morgan fingerprint density at radius 2 is 1.52 bits per heavy atom. The van der Waals surface area contributed by atoms with Crippen molar-refractivity contribution in [3.8, 4) is 0 Å². The zero-order valence-corrected chi connectivity index (χ0v) is 19.4. The summed E-state index contributed by atoms with van der Waals surface area (Å²) in [6, 6.07) is -3.81. The van der Waals surface area contributed by atoms with Gasteiger partial charge in [0.05, 0.1) is 6.04 Å². The molecule has 178 valence electrons. The number of amides is 5. The Hall–Kier alpha value is -2.34. The predicted molar refractivity (Wildman–Crippen MR) is 120 cm³/mol. The van der Waals surface area contributed by atoms with Crippen molar-refractivity contribution in [3.05, 3.63) is 0 Å². The minimum Gasteiger partial charge on any atom is -0.370 e. The molecule has 0 aliphatic heterocycles. The van der Waals surface area contributed by atoms with Crippen LogP contribution in [0.2, 0.25) is 0 Å². The fraction of sp³-hybridized carbons (Fsp3) is 0.737. The molecule has 11 nitrogen and oxygen atoms in total. The van der Waals surface area contributed by atoms with Crippen molar-refractivity contribution in [2.45, 2.75) is 70.6 Å². The fourth-order valence-electron chi connectivity index (χ4n) is 2.60. The number of rotatable bonds is 15. The van der Waals surface area contributed by atoms with Crippen LogP contribution in [0, 0.1) is 5.92 Å². The zero-order chi connectivity index (χ0) is 24.1. The molecule has 0 aliphatic rings. The lowest BCUT2D eigenvalue weighted by atomic mass is 9.98. The molecule has 0 heterocycles. The molecule has 0 bridgehead atoms. The second-order valence-electron chi connectivity index (χ2n) is 7.46. The summed E-state index contributed by atoms with van der Waals surface area (Å²) in [5, 5.41) is 7.52. The van der Waals surface area contributed by atoms with Crippen molar-refractivity contribution >= 4 is 41.3 Å². The number of nitrogens with one attached hydrogen (secondary N) is 3. The first kappa shape index (κ1) is 28.7. The topological polar surface area (TPSA) is 200 Å². The van der Waals surface area contributed by atoms with Crippen LogP contribution in [0.4, 0.5) is 0 Å². The smallest absolute Gasteiger partial charge is 0.243 e. The minimum atomic E-state index is -1.14. The first-order valence-electron chi connectivity index (χ1n) is 10.2. The van der Waals surface area contributed by atoms with E-state index in [0.717, 1.165) is 0 Å². The van der Waals surface area contributed by atoms with Crippen molar-refractivity contribution in [1.29, 1.82) is 0 Å². The van der Waals surface area contributed by atoms with Crippen LogP contribution in [-0.2, 0) is 24.0 Å². The molecule has 0 saturated carbocycles. The average molecular weight is 461 g/mol. The first-order valence-corrected chi connectivity index (χ1v) is 11.6. The monoisotopic (exact) mass is 460 g/mol. The van der Waals surface area contributed by atoms with E-state index in [2.05, 4.69) is 16.0 Å². The van der Waals surface area contributed by atoms with Crippen LogP contribution in [0.25, 0.3) is 0 Å². The number of carbonyl (C=O) groups is 5. The molecule has 0 aromatic rings. The van der Waals surface area contributed by atoms with Crippen molar-refractivity contribution in [3.63, 3.8) is 0 Å². The third-order valence-electron chi connectivity index (χ3n) is 4.85. The van der Waals surface area contributed by atoms with Crippen LogP contribution >= 0.6 is 11.8 Å². The predicted octanol–water partition coefficient (Wildman–Crippen LogP) is -1.66. The highest BCUT2D eigenvalue weighted by Gasteiger charge is 2.30. The van der Waals surface area contributed by atoms with Crippen LogP contribution in [0.5, 0.6) is 0 Å². The van der Waals surface area contributed by atoms with E-state index in [1.165, 1.54) is 6.92 Å². The van der Waals surface area contributed by atoms with Gasteiger partial charge in [-0.05, 0) is 37.7 Å². The second kappa shape index (κ2) is 14.6. The van der Waals surface area contributed by atoms with E-state index in [4.69, 9.17) is 17.2 Å². The van der Waals surface area contributed by atoms with Gasteiger partial charge in [0.2, 0.25) is 29.5 Å². The summed E-state index contributed by atoms with van der Waals surface area (Å²) in [6.45, 7) is 5.04. The highest BCUT2D eigenvalue weighted by atomic mass is 32.2. The van der Waals surface area contributed by atoms with E-state index < -0.39 is 53.7 Å². The van der Waals surface area contributed by atoms with Crippen LogP contribution in [0.15, 0.2) is 0 Å². The highest BCUT2D eigenvalue weighted by Crippen LogP contribution is 2.09. The molecule has 0 saturated heterocycles. The molecule has 0 spiro atoms. The number of thioether (sulfide) groups is 1. The Labute approximate surface area is 187 Å². The molecule has 12 heteroatoms. The molecule has 5 atom stereocenters. The maximum atomic E-state index is 12.7. The molecule has 9 N–H and O–H groups in total. The molecule has 31 heavy (non-hydrogen) atoms. The van der Waals surface area contributed by atoms with Crippen molar-refractivity contribution in [2.24, 2.45) is 23.1 Å². The largest absolute Gasteiger partial charge is 0.370 e. The van der Waals surface area contributed by atoms with E-state index in [1.54, 1.807) is 18.7 Å². The zero-order valence-electron chi connectivity index (χ0n) is 18.6. The van der Waals surface area contributed by atoms with Crippen LogP contribution in [-0.4, -0.2) is 65.7 Å². The van der Waals surface area contributed by atoms with Gasteiger partial charge in [0.15, 0.2) is 0 Å². The van der Waals surface area contributed by atoms with Gasteiger partial charge in [-0.25, -0.2) is 0 Å². The van der Waals surface area contributed by atoms with Gasteiger partial charge in [-0.1, -0.05) is 20.3 Å². The quantitative estimate of drug-likeness (QED) is 0.168. The third kappa shape index (κ3) is 11.0. The van der Waals surface area contributed by atoms with E-state index in [9.17, 15) is 24.0 Å². The lowest BCUT2D eigenvalue weighted by Crippen LogP contribution is -2.57. The maximum absolute atomic E-state index is 12.7. The van der Waals surface area contributed by atoms with Gasteiger partial charge >= 0.3 is 0 Å². The molecule has 0 radical (unpaired) electrons.